The molecule has 1 fully saturated rings. The molecule has 1 aromatic heterocycles. The first-order chi connectivity index (χ1) is 16.7. The monoisotopic (exact) mass is 463 g/mol. The number of fused-ring (bicyclic) bond motifs is 2. The molecule has 4 rings (SSSR count). The molecule has 2 aromatic rings. The fourth-order valence-corrected chi connectivity index (χ4v) is 5.42. The SMILES string of the molecule is CCN(CC)C[C@@H]1CCCCN1CCCCCCN1c2ccccc2C(=O)Nc2cccnc21. The number of unbranched alkanes of at least 4 members (excludes halogenated alkanes) is 3. The van der Waals surface area contributed by atoms with Crippen LogP contribution in [0.3, 0.4) is 0 Å². The van der Waals surface area contributed by atoms with Gasteiger partial charge in [-0.15, -0.1) is 0 Å². The quantitative estimate of drug-likeness (QED) is 0.443. The van der Waals surface area contributed by atoms with Crippen molar-refractivity contribution in [1.29, 1.82) is 0 Å². The van der Waals surface area contributed by atoms with Crippen molar-refractivity contribution in [3.05, 3.63) is 48.2 Å². The van der Waals surface area contributed by atoms with Crippen LogP contribution in [-0.4, -0.2) is 66.0 Å². The molecule has 6 nitrogen and oxygen atoms in total. The van der Waals surface area contributed by atoms with E-state index >= 15 is 0 Å². The lowest BCUT2D eigenvalue weighted by Crippen LogP contribution is -2.47. The number of amides is 1. The van der Waals surface area contributed by atoms with Gasteiger partial charge in [-0.2, -0.15) is 0 Å². The van der Waals surface area contributed by atoms with Gasteiger partial charge < -0.3 is 15.1 Å². The maximum absolute atomic E-state index is 12.7. The number of hydrogen-bond acceptors (Lipinski definition) is 5. The zero-order valence-electron chi connectivity index (χ0n) is 21.0. The first-order valence-electron chi connectivity index (χ1n) is 13.3. The molecule has 1 saturated heterocycles. The van der Waals surface area contributed by atoms with Crippen molar-refractivity contribution >= 4 is 23.1 Å². The van der Waals surface area contributed by atoms with Crippen molar-refractivity contribution in [2.45, 2.75) is 64.8 Å². The number of benzene rings is 1. The minimum atomic E-state index is -0.0619. The van der Waals surface area contributed by atoms with Crippen LogP contribution in [0.4, 0.5) is 17.2 Å². The summed E-state index contributed by atoms with van der Waals surface area (Å²) in [6.45, 7) is 11.4. The Morgan fingerprint density at radius 3 is 2.62 bits per heavy atom. The number of hydrogen-bond donors (Lipinski definition) is 1. The van der Waals surface area contributed by atoms with Crippen LogP contribution >= 0.6 is 0 Å². The number of anilines is 3. The Balaban J connectivity index is 1.29. The Bertz CT molecular complexity index is 929. The summed E-state index contributed by atoms with van der Waals surface area (Å²) in [7, 11) is 0. The van der Waals surface area contributed by atoms with E-state index in [1.54, 1.807) is 6.20 Å². The highest BCUT2D eigenvalue weighted by Gasteiger charge is 2.26. The Labute approximate surface area is 205 Å². The predicted octanol–water partition coefficient (Wildman–Crippen LogP) is 5.54. The Morgan fingerprint density at radius 2 is 1.79 bits per heavy atom. The maximum atomic E-state index is 12.7. The molecular weight excluding hydrogens is 422 g/mol. The summed E-state index contributed by atoms with van der Waals surface area (Å²) in [5.74, 6) is 0.779. The van der Waals surface area contributed by atoms with Gasteiger partial charge >= 0.3 is 0 Å². The molecule has 184 valence electrons. The molecule has 1 N–H and O–H groups in total. The Hall–Kier alpha value is -2.44. The average Bonchev–Trinajstić information content (AvgIpc) is 2.99. The van der Waals surface area contributed by atoms with E-state index in [0.717, 1.165) is 49.3 Å². The molecule has 34 heavy (non-hydrogen) atoms. The van der Waals surface area contributed by atoms with Gasteiger partial charge in [-0.25, -0.2) is 4.98 Å². The third-order valence-corrected chi connectivity index (χ3v) is 7.42. The number of aromatic nitrogens is 1. The van der Waals surface area contributed by atoms with E-state index in [1.807, 2.05) is 36.4 Å². The molecule has 0 spiro atoms. The summed E-state index contributed by atoms with van der Waals surface area (Å²) in [6, 6.07) is 12.4. The molecule has 1 aromatic carbocycles. The van der Waals surface area contributed by atoms with Crippen LogP contribution in [0.2, 0.25) is 0 Å². The third kappa shape index (κ3) is 5.97. The number of para-hydroxylation sites is 1. The topological polar surface area (TPSA) is 51.7 Å². The molecule has 0 aliphatic carbocycles. The normalized spacial score (nSPS) is 18.4. The van der Waals surface area contributed by atoms with E-state index in [1.165, 1.54) is 58.2 Å². The van der Waals surface area contributed by atoms with Crippen LogP contribution in [0.5, 0.6) is 0 Å². The molecule has 0 saturated carbocycles. The van der Waals surface area contributed by atoms with E-state index in [9.17, 15) is 4.79 Å². The Morgan fingerprint density at radius 1 is 1.00 bits per heavy atom. The van der Waals surface area contributed by atoms with E-state index in [2.05, 4.69) is 38.8 Å². The third-order valence-electron chi connectivity index (χ3n) is 7.42. The van der Waals surface area contributed by atoms with Crippen LogP contribution < -0.4 is 10.2 Å². The van der Waals surface area contributed by atoms with Gasteiger partial charge in [-0.1, -0.05) is 45.2 Å². The van der Waals surface area contributed by atoms with Gasteiger partial charge in [0, 0.05) is 25.3 Å². The first kappa shape index (κ1) is 24.7. The van der Waals surface area contributed by atoms with E-state index < -0.39 is 0 Å². The van der Waals surface area contributed by atoms with Crippen LogP contribution in [0, 0.1) is 0 Å². The number of carbonyl (C=O) groups excluding carboxylic acids is 1. The maximum Gasteiger partial charge on any atom is 0.257 e. The van der Waals surface area contributed by atoms with Gasteiger partial charge in [-0.05, 0) is 76.1 Å². The zero-order chi connectivity index (χ0) is 23.8. The second-order valence-corrected chi connectivity index (χ2v) is 9.58. The minimum absolute atomic E-state index is 0.0619. The molecular formula is C28H41N5O. The summed E-state index contributed by atoms with van der Waals surface area (Å²) in [5.41, 5.74) is 2.45. The van der Waals surface area contributed by atoms with E-state index in [0.29, 0.717) is 5.56 Å². The highest BCUT2D eigenvalue weighted by Crippen LogP contribution is 2.36. The second kappa shape index (κ2) is 12.3. The largest absolute Gasteiger partial charge is 0.324 e. The second-order valence-electron chi connectivity index (χ2n) is 9.58. The van der Waals surface area contributed by atoms with Gasteiger partial charge in [0.2, 0.25) is 0 Å². The van der Waals surface area contributed by atoms with Gasteiger partial charge in [0.05, 0.1) is 16.9 Å². The van der Waals surface area contributed by atoms with Gasteiger partial charge in [0.1, 0.15) is 0 Å². The number of pyridine rings is 1. The fraction of sp³-hybridized carbons (Fsp3) is 0.571. The zero-order valence-corrected chi connectivity index (χ0v) is 21.0. The van der Waals surface area contributed by atoms with Crippen LogP contribution in [-0.2, 0) is 0 Å². The predicted molar refractivity (Wildman–Crippen MR) is 141 cm³/mol. The number of likely N-dealkylation sites (tertiary alicyclic amines) is 1. The highest BCUT2D eigenvalue weighted by molar-refractivity contribution is 6.11. The number of nitrogens with zero attached hydrogens (tertiary/aromatic N) is 4. The molecule has 0 unspecified atom stereocenters. The van der Waals surface area contributed by atoms with Crippen molar-refractivity contribution in [2.24, 2.45) is 0 Å². The first-order valence-corrected chi connectivity index (χ1v) is 13.3. The van der Waals surface area contributed by atoms with Crippen LogP contribution in [0.25, 0.3) is 0 Å². The summed E-state index contributed by atoms with van der Waals surface area (Å²) in [4.78, 5) is 24.9. The van der Waals surface area contributed by atoms with Crippen molar-refractivity contribution in [2.75, 3.05) is 49.5 Å². The van der Waals surface area contributed by atoms with Gasteiger partial charge in [0.15, 0.2) is 5.82 Å². The van der Waals surface area contributed by atoms with Crippen molar-refractivity contribution in [1.82, 2.24) is 14.8 Å². The average molecular weight is 464 g/mol. The lowest BCUT2D eigenvalue weighted by molar-refractivity contribution is 0.102. The van der Waals surface area contributed by atoms with Gasteiger partial charge in [-0.3, -0.25) is 9.69 Å². The molecule has 3 heterocycles. The minimum Gasteiger partial charge on any atom is -0.324 e. The molecule has 2 aliphatic rings. The number of nitrogens with one attached hydrogen (secondary N) is 1. The van der Waals surface area contributed by atoms with Crippen LogP contribution in [0.1, 0.15) is 69.2 Å². The lowest BCUT2D eigenvalue weighted by atomic mass is 10.0. The number of rotatable bonds is 11. The highest BCUT2D eigenvalue weighted by atomic mass is 16.1. The molecule has 1 atom stereocenters. The molecule has 0 radical (unpaired) electrons. The lowest BCUT2D eigenvalue weighted by Gasteiger charge is -2.38. The van der Waals surface area contributed by atoms with Crippen molar-refractivity contribution in [3.63, 3.8) is 0 Å². The number of carbonyl (C=O) groups is 1. The molecule has 1 amide bonds. The number of likely N-dealkylation sites (N-methyl/N-ethyl adjacent to an activating group) is 1. The smallest absolute Gasteiger partial charge is 0.257 e. The molecule has 0 bridgehead atoms. The van der Waals surface area contributed by atoms with E-state index in [4.69, 9.17) is 0 Å². The molecule has 2 aliphatic heterocycles. The standard InChI is InChI=1S/C28H41N5O/c1-3-31(4-2)22-23-14-9-12-20-32(23)19-10-5-6-11-21-33-26-17-8-7-15-24(26)28(34)30-25-16-13-18-29-27(25)33/h7-8,13,15-18,23H,3-6,9-12,14,19-22H2,1-2H3,(H,30,34)/t23-/m0/s1. The fourth-order valence-electron chi connectivity index (χ4n) is 5.42. The Kier molecular flexibility index (Phi) is 8.94. The van der Waals surface area contributed by atoms with Gasteiger partial charge in [0.25, 0.3) is 5.91 Å². The van der Waals surface area contributed by atoms with Crippen molar-refractivity contribution in [3.8, 4) is 0 Å². The summed E-state index contributed by atoms with van der Waals surface area (Å²) in [5, 5.41) is 3.03. The molecule has 6 heteroatoms. The summed E-state index contributed by atoms with van der Waals surface area (Å²) < 4.78 is 0. The summed E-state index contributed by atoms with van der Waals surface area (Å²) in [6.07, 6.45) is 10.7. The van der Waals surface area contributed by atoms with Crippen LogP contribution in [0.15, 0.2) is 42.6 Å². The van der Waals surface area contributed by atoms with Crippen molar-refractivity contribution < 1.29 is 4.79 Å². The summed E-state index contributed by atoms with van der Waals surface area (Å²) >= 11 is 0. The van der Waals surface area contributed by atoms with E-state index in [-0.39, 0.29) is 5.91 Å². The number of piperidine rings is 1.